The topological polar surface area (TPSA) is 60.2 Å². The predicted octanol–water partition coefficient (Wildman–Crippen LogP) is 2.99. The normalized spacial score (nSPS) is 10.8. The Bertz CT molecular complexity index is 566. The lowest BCUT2D eigenvalue weighted by Gasteiger charge is -2.04. The molecule has 0 amide bonds. The number of aromatic nitrogens is 2. The summed E-state index contributed by atoms with van der Waals surface area (Å²) >= 11 is 0. The Kier molecular flexibility index (Phi) is 5.75. The molecule has 0 saturated carbocycles. The molecule has 0 aliphatic heterocycles. The van der Waals surface area contributed by atoms with Crippen LogP contribution in [-0.2, 0) is 6.42 Å². The smallest absolute Gasteiger partial charge is 0.247 e. The molecule has 5 nitrogen and oxygen atoms in total. The van der Waals surface area contributed by atoms with Gasteiger partial charge in [0, 0.05) is 12.0 Å². The number of rotatable bonds is 8. The molecule has 0 bridgehead atoms. The summed E-state index contributed by atoms with van der Waals surface area (Å²) in [4.78, 5) is 0. The van der Waals surface area contributed by atoms with Crippen LogP contribution in [0.1, 0.15) is 31.2 Å². The summed E-state index contributed by atoms with van der Waals surface area (Å²) in [7, 11) is 1.66. The van der Waals surface area contributed by atoms with E-state index in [1.807, 2.05) is 25.1 Å². The number of nitrogens with zero attached hydrogens (tertiary/aromatic N) is 2. The minimum atomic E-state index is 0.546. The third-order valence-corrected chi connectivity index (χ3v) is 3.29. The van der Waals surface area contributed by atoms with E-state index in [1.54, 1.807) is 7.11 Å². The molecule has 2 aromatic rings. The van der Waals surface area contributed by atoms with Gasteiger partial charge in [0.1, 0.15) is 5.75 Å². The molecule has 0 aliphatic rings. The van der Waals surface area contributed by atoms with Crippen molar-refractivity contribution in [2.45, 2.75) is 33.1 Å². The average Bonchev–Trinajstić information content (AvgIpc) is 2.96. The van der Waals surface area contributed by atoms with Gasteiger partial charge < -0.3 is 14.5 Å². The summed E-state index contributed by atoms with van der Waals surface area (Å²) < 4.78 is 11.0. The van der Waals surface area contributed by atoms with Gasteiger partial charge in [-0.25, -0.2) is 0 Å². The van der Waals surface area contributed by atoms with Crippen LogP contribution in [0.3, 0.4) is 0 Å². The van der Waals surface area contributed by atoms with Crippen molar-refractivity contribution < 1.29 is 9.15 Å². The lowest BCUT2D eigenvalue weighted by atomic mass is 10.1. The third-order valence-electron chi connectivity index (χ3n) is 3.29. The predicted molar refractivity (Wildman–Crippen MR) is 82.5 cm³/mol. The minimum Gasteiger partial charge on any atom is -0.496 e. The lowest BCUT2D eigenvalue weighted by Crippen LogP contribution is -2.16. The zero-order chi connectivity index (χ0) is 15.1. The van der Waals surface area contributed by atoms with Crippen LogP contribution in [0.4, 0.5) is 0 Å². The Hall–Kier alpha value is -1.88. The first-order chi connectivity index (χ1) is 10.2. The highest BCUT2D eigenvalue weighted by molar-refractivity contribution is 5.57. The Balaban J connectivity index is 1.96. The molecule has 1 aromatic heterocycles. The Morgan fingerprint density at radius 2 is 2.10 bits per heavy atom. The maximum Gasteiger partial charge on any atom is 0.247 e. The van der Waals surface area contributed by atoms with E-state index in [0.29, 0.717) is 11.8 Å². The van der Waals surface area contributed by atoms with Crippen LogP contribution < -0.4 is 10.1 Å². The molecule has 114 valence electrons. The van der Waals surface area contributed by atoms with E-state index in [0.717, 1.165) is 49.2 Å². The molecule has 1 heterocycles. The molecule has 0 saturated heterocycles. The number of hydrogen-bond donors (Lipinski definition) is 1. The molecule has 21 heavy (non-hydrogen) atoms. The van der Waals surface area contributed by atoms with E-state index in [9.17, 15) is 0 Å². The molecule has 1 N–H and O–H groups in total. The fraction of sp³-hybridized carbons (Fsp3) is 0.500. The van der Waals surface area contributed by atoms with Gasteiger partial charge in [-0.3, -0.25) is 0 Å². The number of nitrogens with one attached hydrogen (secondary N) is 1. The third kappa shape index (κ3) is 4.29. The number of hydrogen-bond acceptors (Lipinski definition) is 5. The van der Waals surface area contributed by atoms with Gasteiger partial charge in [-0.05, 0) is 50.6 Å². The first-order valence-electron chi connectivity index (χ1n) is 7.42. The van der Waals surface area contributed by atoms with Crippen LogP contribution in [0.15, 0.2) is 22.6 Å². The Labute approximate surface area is 125 Å². The fourth-order valence-electron chi connectivity index (χ4n) is 2.09. The van der Waals surface area contributed by atoms with E-state index in [-0.39, 0.29) is 0 Å². The van der Waals surface area contributed by atoms with Crippen molar-refractivity contribution in [2.75, 3.05) is 20.2 Å². The zero-order valence-corrected chi connectivity index (χ0v) is 13.0. The van der Waals surface area contributed by atoms with E-state index in [1.165, 1.54) is 0 Å². The minimum absolute atomic E-state index is 0.546. The Morgan fingerprint density at radius 3 is 2.86 bits per heavy atom. The second-order valence-corrected chi connectivity index (χ2v) is 5.04. The van der Waals surface area contributed by atoms with Gasteiger partial charge in [-0.2, -0.15) is 0 Å². The number of ether oxygens (including phenoxy) is 1. The summed E-state index contributed by atoms with van der Waals surface area (Å²) in [6.45, 7) is 6.19. The maximum atomic E-state index is 5.71. The van der Waals surface area contributed by atoms with Gasteiger partial charge in [0.15, 0.2) is 0 Å². The highest BCUT2D eigenvalue weighted by atomic mass is 16.5. The summed E-state index contributed by atoms with van der Waals surface area (Å²) in [5.74, 6) is 2.06. The summed E-state index contributed by atoms with van der Waals surface area (Å²) in [6, 6.07) is 5.89. The van der Waals surface area contributed by atoms with Crippen LogP contribution in [0.5, 0.6) is 5.75 Å². The van der Waals surface area contributed by atoms with Gasteiger partial charge in [0.2, 0.25) is 11.8 Å². The van der Waals surface area contributed by atoms with Crippen LogP contribution in [0, 0.1) is 6.92 Å². The van der Waals surface area contributed by atoms with Crippen molar-refractivity contribution in [1.82, 2.24) is 15.5 Å². The highest BCUT2D eigenvalue weighted by Gasteiger charge is 2.10. The van der Waals surface area contributed by atoms with Crippen LogP contribution in [0.25, 0.3) is 11.5 Å². The molecular formula is C16H23N3O2. The largest absolute Gasteiger partial charge is 0.496 e. The first kappa shape index (κ1) is 15.5. The quantitative estimate of drug-likeness (QED) is 0.757. The first-order valence-corrected chi connectivity index (χ1v) is 7.42. The van der Waals surface area contributed by atoms with Gasteiger partial charge in [-0.15, -0.1) is 10.2 Å². The Morgan fingerprint density at radius 1 is 1.24 bits per heavy atom. The lowest BCUT2D eigenvalue weighted by molar-refractivity contribution is 0.411. The van der Waals surface area contributed by atoms with E-state index in [4.69, 9.17) is 9.15 Å². The second kappa shape index (κ2) is 7.78. The fourth-order valence-corrected chi connectivity index (χ4v) is 2.09. The SMILES string of the molecule is CCCNCCCc1nnc(-c2ccc(C)c(OC)c2)o1. The monoisotopic (exact) mass is 289 g/mol. The molecule has 1 aromatic carbocycles. The van der Waals surface area contributed by atoms with E-state index < -0.39 is 0 Å². The summed E-state index contributed by atoms with van der Waals surface area (Å²) in [6.07, 6.45) is 2.95. The van der Waals surface area contributed by atoms with Crippen molar-refractivity contribution >= 4 is 0 Å². The van der Waals surface area contributed by atoms with Gasteiger partial charge in [0.05, 0.1) is 7.11 Å². The molecular weight excluding hydrogens is 266 g/mol. The van der Waals surface area contributed by atoms with Gasteiger partial charge in [0.25, 0.3) is 0 Å². The molecule has 0 atom stereocenters. The van der Waals surface area contributed by atoms with Crippen molar-refractivity contribution in [1.29, 1.82) is 0 Å². The molecule has 2 rings (SSSR count). The summed E-state index contributed by atoms with van der Waals surface area (Å²) in [5, 5.41) is 11.6. The number of methoxy groups -OCH3 is 1. The van der Waals surface area contributed by atoms with E-state index >= 15 is 0 Å². The van der Waals surface area contributed by atoms with Crippen LogP contribution in [0.2, 0.25) is 0 Å². The number of benzene rings is 1. The molecule has 0 aliphatic carbocycles. The van der Waals surface area contributed by atoms with Crippen LogP contribution >= 0.6 is 0 Å². The maximum absolute atomic E-state index is 5.71. The van der Waals surface area contributed by atoms with Crippen molar-refractivity contribution in [3.05, 3.63) is 29.7 Å². The van der Waals surface area contributed by atoms with Gasteiger partial charge in [-0.1, -0.05) is 13.0 Å². The van der Waals surface area contributed by atoms with Crippen molar-refractivity contribution in [2.24, 2.45) is 0 Å². The van der Waals surface area contributed by atoms with Crippen LogP contribution in [-0.4, -0.2) is 30.4 Å². The van der Waals surface area contributed by atoms with Crippen molar-refractivity contribution in [3.8, 4) is 17.2 Å². The molecule has 0 unspecified atom stereocenters. The average molecular weight is 289 g/mol. The van der Waals surface area contributed by atoms with E-state index in [2.05, 4.69) is 22.4 Å². The van der Waals surface area contributed by atoms with Gasteiger partial charge >= 0.3 is 0 Å². The summed E-state index contributed by atoms with van der Waals surface area (Å²) in [5.41, 5.74) is 1.98. The molecule has 5 heteroatoms. The molecule has 0 spiro atoms. The molecule has 0 fully saturated rings. The van der Waals surface area contributed by atoms with Crippen molar-refractivity contribution in [3.63, 3.8) is 0 Å². The second-order valence-electron chi connectivity index (χ2n) is 5.04. The standard InChI is InChI=1S/C16H23N3O2/c1-4-9-17-10-5-6-15-18-19-16(21-15)13-8-7-12(2)14(11-13)20-3/h7-8,11,17H,4-6,9-10H2,1-3H3. The number of aryl methyl sites for hydroxylation is 2. The zero-order valence-electron chi connectivity index (χ0n) is 13.0. The molecule has 0 radical (unpaired) electrons. The highest BCUT2D eigenvalue weighted by Crippen LogP contribution is 2.26.